The average Bonchev–Trinajstić information content (AvgIpc) is 2.75. The molecule has 2 N–H and O–H groups in total. The number of amides is 1. The second-order valence-electron chi connectivity index (χ2n) is 4.75. The van der Waals surface area contributed by atoms with Crippen LogP contribution in [0.1, 0.15) is 17.6 Å². The van der Waals surface area contributed by atoms with Crippen LogP contribution in [-0.4, -0.2) is 52.9 Å². The minimum Gasteiger partial charge on any atom is -0.339 e. The van der Waals surface area contributed by atoms with Crippen molar-refractivity contribution in [1.29, 1.82) is 0 Å². The number of rotatable bonds is 3. The molecule has 1 aliphatic heterocycles. The van der Waals surface area contributed by atoms with Crippen molar-refractivity contribution in [3.63, 3.8) is 0 Å². The Labute approximate surface area is 112 Å². The van der Waals surface area contributed by atoms with Crippen molar-refractivity contribution in [2.24, 2.45) is 5.73 Å². The van der Waals surface area contributed by atoms with Gasteiger partial charge in [-0.2, -0.15) is 0 Å². The molecule has 0 radical (unpaired) electrons. The number of carbonyl (C=O) groups is 1. The Kier molecular flexibility index (Phi) is 4.31. The van der Waals surface area contributed by atoms with E-state index in [0.717, 1.165) is 43.4 Å². The normalized spacial score (nSPS) is 18.9. The number of piperazine rings is 1. The first-order valence-corrected chi connectivity index (χ1v) is 7.12. The lowest BCUT2D eigenvalue weighted by atomic mass is 10.2. The van der Waals surface area contributed by atoms with E-state index in [4.69, 9.17) is 5.73 Å². The number of aryl methyl sites for hydroxylation is 1. The van der Waals surface area contributed by atoms with Gasteiger partial charge in [0, 0.05) is 38.1 Å². The Morgan fingerprint density at radius 3 is 2.67 bits per heavy atom. The van der Waals surface area contributed by atoms with Crippen molar-refractivity contribution in [2.75, 3.05) is 26.2 Å². The highest BCUT2D eigenvalue weighted by Gasteiger charge is 2.23. The predicted molar refractivity (Wildman–Crippen MR) is 72.4 cm³/mol. The summed E-state index contributed by atoms with van der Waals surface area (Å²) in [5.74, 6) is 0.0548. The first-order valence-electron chi connectivity index (χ1n) is 6.24. The molecule has 6 heteroatoms. The summed E-state index contributed by atoms with van der Waals surface area (Å²) in [6.45, 7) is 7.97. The van der Waals surface area contributed by atoms with E-state index in [1.807, 2.05) is 11.8 Å². The topological polar surface area (TPSA) is 62.5 Å². The highest BCUT2D eigenvalue weighted by atomic mass is 32.1. The molecule has 1 saturated heterocycles. The highest BCUT2D eigenvalue weighted by Crippen LogP contribution is 2.12. The molecule has 1 aromatic rings. The molecule has 0 saturated carbocycles. The van der Waals surface area contributed by atoms with E-state index in [2.05, 4.69) is 15.3 Å². The molecular weight excluding hydrogens is 248 g/mol. The van der Waals surface area contributed by atoms with Crippen molar-refractivity contribution in [3.8, 4) is 0 Å². The summed E-state index contributed by atoms with van der Waals surface area (Å²) in [5, 5.41) is 3.21. The highest BCUT2D eigenvalue weighted by molar-refractivity contribution is 7.09. The molecule has 1 amide bonds. The molecular formula is C12H20N4OS. The Hall–Kier alpha value is -0.980. The van der Waals surface area contributed by atoms with E-state index >= 15 is 0 Å². The zero-order valence-electron chi connectivity index (χ0n) is 10.9. The van der Waals surface area contributed by atoms with Gasteiger partial charge in [-0.05, 0) is 13.8 Å². The molecule has 18 heavy (non-hydrogen) atoms. The van der Waals surface area contributed by atoms with Crippen LogP contribution in [0, 0.1) is 6.92 Å². The maximum atomic E-state index is 11.7. The number of thiazole rings is 1. The molecule has 1 aromatic heterocycles. The third kappa shape index (κ3) is 3.28. The Bertz CT molecular complexity index is 410. The van der Waals surface area contributed by atoms with Gasteiger partial charge < -0.3 is 10.6 Å². The lowest BCUT2D eigenvalue weighted by molar-refractivity contribution is -0.134. The zero-order chi connectivity index (χ0) is 13.1. The maximum Gasteiger partial charge on any atom is 0.239 e. The summed E-state index contributed by atoms with van der Waals surface area (Å²) in [5.41, 5.74) is 6.74. The summed E-state index contributed by atoms with van der Waals surface area (Å²) in [6, 6.07) is -0.391. The predicted octanol–water partition coefficient (Wildman–Crippen LogP) is 0.443. The molecule has 2 rings (SSSR count). The monoisotopic (exact) mass is 268 g/mol. The van der Waals surface area contributed by atoms with Gasteiger partial charge in [0.05, 0.1) is 16.7 Å². The fourth-order valence-corrected chi connectivity index (χ4v) is 2.73. The Morgan fingerprint density at radius 1 is 1.50 bits per heavy atom. The molecule has 1 aliphatic rings. The van der Waals surface area contributed by atoms with Gasteiger partial charge in [0.15, 0.2) is 0 Å². The van der Waals surface area contributed by atoms with Crippen molar-refractivity contribution < 1.29 is 4.79 Å². The van der Waals surface area contributed by atoms with Crippen LogP contribution in [0.3, 0.4) is 0 Å². The van der Waals surface area contributed by atoms with Crippen LogP contribution in [0.25, 0.3) is 0 Å². The average molecular weight is 268 g/mol. The molecule has 0 bridgehead atoms. The number of nitrogens with zero attached hydrogens (tertiary/aromatic N) is 3. The number of hydrogen-bond donors (Lipinski definition) is 1. The standard InChI is InChI=1S/C12H20N4OS/c1-9(13)12(17)16-5-3-15(4-6-16)7-11-8-18-10(2)14-11/h8-9H,3-7,13H2,1-2H3. The van der Waals surface area contributed by atoms with Crippen molar-refractivity contribution in [3.05, 3.63) is 16.1 Å². The summed E-state index contributed by atoms with van der Waals surface area (Å²) in [6.07, 6.45) is 0. The van der Waals surface area contributed by atoms with Crippen LogP contribution in [0.5, 0.6) is 0 Å². The van der Waals surface area contributed by atoms with Crippen LogP contribution in [0.4, 0.5) is 0 Å². The molecule has 100 valence electrons. The first-order chi connectivity index (χ1) is 8.56. The molecule has 0 spiro atoms. The summed E-state index contributed by atoms with van der Waals surface area (Å²) >= 11 is 1.68. The quantitative estimate of drug-likeness (QED) is 0.864. The number of nitrogens with two attached hydrogens (primary N) is 1. The fourth-order valence-electron chi connectivity index (χ4n) is 2.12. The third-order valence-electron chi connectivity index (χ3n) is 3.13. The summed E-state index contributed by atoms with van der Waals surface area (Å²) in [7, 11) is 0. The second-order valence-corrected chi connectivity index (χ2v) is 5.81. The van der Waals surface area contributed by atoms with E-state index in [1.165, 1.54) is 0 Å². The van der Waals surface area contributed by atoms with E-state index < -0.39 is 6.04 Å². The first kappa shape index (κ1) is 13.5. The largest absolute Gasteiger partial charge is 0.339 e. The van der Waals surface area contributed by atoms with Crippen LogP contribution >= 0.6 is 11.3 Å². The lowest BCUT2D eigenvalue weighted by Gasteiger charge is -2.35. The minimum absolute atomic E-state index is 0.0548. The van der Waals surface area contributed by atoms with Gasteiger partial charge in [0.25, 0.3) is 0 Å². The molecule has 0 aromatic carbocycles. The third-order valence-corrected chi connectivity index (χ3v) is 3.95. The van der Waals surface area contributed by atoms with E-state index in [0.29, 0.717) is 0 Å². The van der Waals surface area contributed by atoms with Gasteiger partial charge in [0.2, 0.25) is 5.91 Å². The smallest absolute Gasteiger partial charge is 0.239 e. The van der Waals surface area contributed by atoms with Gasteiger partial charge in [-0.3, -0.25) is 9.69 Å². The van der Waals surface area contributed by atoms with E-state index in [9.17, 15) is 4.79 Å². The molecule has 2 heterocycles. The Morgan fingerprint density at radius 2 is 2.17 bits per heavy atom. The summed E-state index contributed by atoms with van der Waals surface area (Å²) < 4.78 is 0. The van der Waals surface area contributed by atoms with Crippen molar-refractivity contribution >= 4 is 17.2 Å². The van der Waals surface area contributed by atoms with Crippen molar-refractivity contribution in [1.82, 2.24) is 14.8 Å². The zero-order valence-corrected chi connectivity index (χ0v) is 11.7. The second kappa shape index (κ2) is 5.77. The minimum atomic E-state index is -0.391. The van der Waals surface area contributed by atoms with Gasteiger partial charge >= 0.3 is 0 Å². The van der Waals surface area contributed by atoms with Crippen LogP contribution in [0.15, 0.2) is 5.38 Å². The molecule has 1 fully saturated rings. The van der Waals surface area contributed by atoms with Gasteiger partial charge in [0.1, 0.15) is 0 Å². The van der Waals surface area contributed by atoms with Crippen LogP contribution in [-0.2, 0) is 11.3 Å². The Balaban J connectivity index is 1.82. The fraction of sp³-hybridized carbons (Fsp3) is 0.667. The van der Waals surface area contributed by atoms with Crippen molar-refractivity contribution in [2.45, 2.75) is 26.4 Å². The van der Waals surface area contributed by atoms with Gasteiger partial charge in [-0.15, -0.1) is 11.3 Å². The molecule has 5 nitrogen and oxygen atoms in total. The van der Waals surface area contributed by atoms with Crippen LogP contribution < -0.4 is 5.73 Å². The van der Waals surface area contributed by atoms with Gasteiger partial charge in [-0.25, -0.2) is 4.98 Å². The van der Waals surface area contributed by atoms with Gasteiger partial charge in [-0.1, -0.05) is 0 Å². The number of carbonyl (C=O) groups excluding carboxylic acids is 1. The maximum absolute atomic E-state index is 11.7. The SMILES string of the molecule is Cc1nc(CN2CCN(C(=O)C(C)N)CC2)cs1. The molecule has 1 atom stereocenters. The van der Waals surface area contributed by atoms with E-state index in [-0.39, 0.29) is 5.91 Å². The molecule has 0 aliphatic carbocycles. The number of aromatic nitrogens is 1. The van der Waals surface area contributed by atoms with Crippen LogP contribution in [0.2, 0.25) is 0 Å². The van der Waals surface area contributed by atoms with E-state index in [1.54, 1.807) is 18.3 Å². The summed E-state index contributed by atoms with van der Waals surface area (Å²) in [4.78, 5) is 20.4. The lowest BCUT2D eigenvalue weighted by Crippen LogP contribution is -2.52. The number of hydrogen-bond acceptors (Lipinski definition) is 5. The molecule has 1 unspecified atom stereocenters.